The Morgan fingerprint density at radius 3 is 2.73 bits per heavy atom. The number of hydrogen-bond acceptors (Lipinski definition) is 7. The van der Waals surface area contributed by atoms with Gasteiger partial charge in [-0.1, -0.05) is 13.8 Å². The van der Waals surface area contributed by atoms with Crippen LogP contribution in [-0.4, -0.2) is 66.0 Å². The molecule has 11 heteroatoms. The van der Waals surface area contributed by atoms with Gasteiger partial charge in [0.15, 0.2) is 0 Å². The number of nitrogens with one attached hydrogen (secondary N) is 3. The first kappa shape index (κ1) is 26.9. The number of anilines is 1. The standard InChI is InChI=1S/C26H35FN6O4/c1-5-28-25(34)33-24-31-18-13-17(21(27)20(22(18)32-24)19-7-6-9-37-19)16-14-29-23(30-15-16)26(2,3)8-10-36-12-11-35-4/h13-15,19H,5-12H2,1-4H3,(H3,28,31,32,33,34)/t19-/m1/s1. The molecule has 37 heavy (non-hydrogen) atoms. The molecule has 1 saturated heterocycles. The van der Waals surface area contributed by atoms with Gasteiger partial charge in [-0.2, -0.15) is 0 Å². The van der Waals surface area contributed by atoms with Crippen LogP contribution in [0.3, 0.4) is 0 Å². The summed E-state index contributed by atoms with van der Waals surface area (Å²) < 4.78 is 32.5. The first-order chi connectivity index (χ1) is 17.8. The number of urea groups is 1. The summed E-state index contributed by atoms with van der Waals surface area (Å²) in [7, 11) is 1.64. The highest BCUT2D eigenvalue weighted by Gasteiger charge is 2.29. The topological polar surface area (TPSA) is 123 Å². The fraction of sp³-hybridized carbons (Fsp3) is 0.538. The van der Waals surface area contributed by atoms with Crippen LogP contribution >= 0.6 is 0 Å². The van der Waals surface area contributed by atoms with Crippen LogP contribution in [-0.2, 0) is 19.6 Å². The van der Waals surface area contributed by atoms with E-state index in [1.165, 1.54) is 0 Å². The fourth-order valence-corrected chi connectivity index (χ4v) is 4.33. The van der Waals surface area contributed by atoms with E-state index in [-0.39, 0.29) is 11.4 Å². The minimum Gasteiger partial charge on any atom is -0.382 e. The minimum atomic E-state index is -0.419. The van der Waals surface area contributed by atoms with E-state index < -0.39 is 18.0 Å². The lowest BCUT2D eigenvalue weighted by Crippen LogP contribution is -2.28. The highest BCUT2D eigenvalue weighted by molar-refractivity contribution is 5.92. The van der Waals surface area contributed by atoms with Gasteiger partial charge in [0.05, 0.1) is 30.4 Å². The minimum absolute atomic E-state index is 0.234. The quantitative estimate of drug-likeness (QED) is 0.322. The molecule has 0 saturated carbocycles. The van der Waals surface area contributed by atoms with E-state index >= 15 is 4.39 Å². The molecule has 3 heterocycles. The van der Waals surface area contributed by atoms with E-state index in [0.29, 0.717) is 72.9 Å². The molecular formula is C26H35FN6O4. The van der Waals surface area contributed by atoms with Crippen LogP contribution in [0, 0.1) is 5.82 Å². The Hall–Kier alpha value is -3.15. The maximum Gasteiger partial charge on any atom is 0.321 e. The molecule has 4 rings (SSSR count). The molecule has 200 valence electrons. The van der Waals surface area contributed by atoms with Gasteiger partial charge in [-0.25, -0.2) is 24.1 Å². The number of aromatic nitrogens is 4. The molecule has 1 aliphatic rings. The van der Waals surface area contributed by atoms with E-state index in [2.05, 4.69) is 44.4 Å². The normalized spacial score (nSPS) is 15.9. The lowest BCUT2D eigenvalue weighted by Gasteiger charge is -2.23. The predicted octanol–water partition coefficient (Wildman–Crippen LogP) is 4.48. The van der Waals surface area contributed by atoms with Crippen molar-refractivity contribution in [3.05, 3.63) is 35.7 Å². The summed E-state index contributed by atoms with van der Waals surface area (Å²) >= 11 is 0. The second-order valence-corrected chi connectivity index (χ2v) is 9.65. The maximum atomic E-state index is 16.0. The zero-order valence-corrected chi connectivity index (χ0v) is 21.8. The third kappa shape index (κ3) is 6.23. The number of carbonyl (C=O) groups excluding carboxylic acids is 1. The molecule has 0 radical (unpaired) electrons. The first-order valence-corrected chi connectivity index (χ1v) is 12.6. The van der Waals surface area contributed by atoms with Crippen LogP contribution in [0.1, 0.15) is 57.5 Å². The summed E-state index contributed by atoms with van der Waals surface area (Å²) in [6, 6.07) is 1.28. The van der Waals surface area contributed by atoms with Crippen LogP contribution in [0.25, 0.3) is 22.2 Å². The number of nitrogens with zero attached hydrogens (tertiary/aromatic N) is 3. The van der Waals surface area contributed by atoms with Gasteiger partial charge in [0.1, 0.15) is 11.6 Å². The molecule has 2 amide bonds. The smallest absolute Gasteiger partial charge is 0.321 e. The summed E-state index contributed by atoms with van der Waals surface area (Å²) in [5, 5.41) is 5.32. The number of hydrogen-bond donors (Lipinski definition) is 3. The zero-order valence-electron chi connectivity index (χ0n) is 21.8. The number of methoxy groups -OCH3 is 1. The molecule has 0 spiro atoms. The van der Waals surface area contributed by atoms with Crippen molar-refractivity contribution in [3.63, 3.8) is 0 Å². The first-order valence-electron chi connectivity index (χ1n) is 12.6. The Balaban J connectivity index is 1.64. The van der Waals surface area contributed by atoms with Crippen LogP contribution in [0.5, 0.6) is 0 Å². The number of benzene rings is 1. The molecule has 10 nitrogen and oxygen atoms in total. The van der Waals surface area contributed by atoms with E-state index in [1.807, 2.05) is 6.92 Å². The molecule has 1 fully saturated rings. The Labute approximate surface area is 215 Å². The molecule has 1 aliphatic heterocycles. The van der Waals surface area contributed by atoms with Gasteiger partial charge in [-0.05, 0) is 32.3 Å². The van der Waals surface area contributed by atoms with E-state index in [9.17, 15) is 4.79 Å². The van der Waals surface area contributed by atoms with Gasteiger partial charge in [0, 0.05) is 61.4 Å². The zero-order chi connectivity index (χ0) is 26.4. The van der Waals surface area contributed by atoms with Crippen LogP contribution < -0.4 is 10.6 Å². The molecule has 1 aromatic carbocycles. The molecule has 0 unspecified atom stereocenters. The molecule has 1 atom stereocenters. The fourth-order valence-electron chi connectivity index (χ4n) is 4.33. The van der Waals surface area contributed by atoms with Gasteiger partial charge < -0.3 is 24.5 Å². The van der Waals surface area contributed by atoms with Gasteiger partial charge in [0.2, 0.25) is 5.95 Å². The Bertz CT molecular complexity index is 1210. The third-order valence-corrected chi connectivity index (χ3v) is 6.44. The van der Waals surface area contributed by atoms with E-state index in [0.717, 1.165) is 12.8 Å². The highest BCUT2D eigenvalue weighted by atomic mass is 19.1. The number of amides is 2. The number of carbonyl (C=O) groups is 1. The largest absolute Gasteiger partial charge is 0.382 e. The third-order valence-electron chi connectivity index (χ3n) is 6.44. The van der Waals surface area contributed by atoms with Crippen molar-refractivity contribution in [3.8, 4) is 11.1 Å². The average Bonchev–Trinajstić information content (AvgIpc) is 3.54. The van der Waals surface area contributed by atoms with Crippen LogP contribution in [0.4, 0.5) is 15.1 Å². The molecular weight excluding hydrogens is 479 g/mol. The van der Waals surface area contributed by atoms with Gasteiger partial charge in [0.25, 0.3) is 0 Å². The lowest BCUT2D eigenvalue weighted by molar-refractivity contribution is 0.0623. The Morgan fingerprint density at radius 1 is 1.27 bits per heavy atom. The van der Waals surface area contributed by atoms with E-state index in [4.69, 9.17) is 14.2 Å². The van der Waals surface area contributed by atoms with Gasteiger partial charge in [-0.3, -0.25) is 5.32 Å². The monoisotopic (exact) mass is 514 g/mol. The number of rotatable bonds is 11. The van der Waals surface area contributed by atoms with Crippen LogP contribution in [0.2, 0.25) is 0 Å². The lowest BCUT2D eigenvalue weighted by atomic mass is 9.88. The molecule has 0 aliphatic carbocycles. The molecule has 3 aromatic rings. The van der Waals surface area contributed by atoms with Crippen molar-refractivity contribution in [1.82, 2.24) is 25.3 Å². The van der Waals surface area contributed by atoms with Crippen molar-refractivity contribution < 1.29 is 23.4 Å². The highest BCUT2D eigenvalue weighted by Crippen LogP contribution is 2.39. The van der Waals surface area contributed by atoms with Crippen molar-refractivity contribution >= 4 is 23.0 Å². The number of ether oxygens (including phenoxy) is 3. The Morgan fingerprint density at radius 2 is 2.05 bits per heavy atom. The van der Waals surface area contributed by atoms with E-state index in [1.54, 1.807) is 25.6 Å². The van der Waals surface area contributed by atoms with Crippen molar-refractivity contribution in [1.29, 1.82) is 0 Å². The predicted molar refractivity (Wildman–Crippen MR) is 138 cm³/mol. The Kier molecular flexibility index (Phi) is 8.67. The van der Waals surface area contributed by atoms with Gasteiger partial charge in [-0.15, -0.1) is 0 Å². The summed E-state index contributed by atoms with van der Waals surface area (Å²) in [4.78, 5) is 28.7. The van der Waals surface area contributed by atoms with Gasteiger partial charge >= 0.3 is 6.03 Å². The molecule has 2 aromatic heterocycles. The van der Waals surface area contributed by atoms with Crippen molar-refractivity contribution in [2.45, 2.75) is 51.6 Å². The number of aromatic amines is 1. The number of halogens is 1. The van der Waals surface area contributed by atoms with Crippen molar-refractivity contribution in [2.24, 2.45) is 0 Å². The second kappa shape index (κ2) is 11.9. The number of fused-ring (bicyclic) bond motifs is 1. The molecule has 3 N–H and O–H groups in total. The number of imidazole rings is 1. The summed E-state index contributed by atoms with van der Waals surface area (Å²) in [5.41, 5.74) is 1.97. The van der Waals surface area contributed by atoms with Crippen LogP contribution in [0.15, 0.2) is 18.5 Å². The average molecular weight is 515 g/mol. The SMILES string of the molecule is CCNC(=O)Nc1nc2c([C@H]3CCCO3)c(F)c(-c3cnc(C(C)(C)CCOCCOC)nc3)cc2[nH]1. The second-order valence-electron chi connectivity index (χ2n) is 9.65. The maximum absolute atomic E-state index is 16.0. The summed E-state index contributed by atoms with van der Waals surface area (Å²) in [6.07, 6.45) is 5.13. The molecule has 0 bridgehead atoms. The number of H-pyrrole nitrogens is 1. The summed E-state index contributed by atoms with van der Waals surface area (Å²) in [6.45, 7) is 8.61. The van der Waals surface area contributed by atoms with Crippen molar-refractivity contribution in [2.75, 3.05) is 45.4 Å². The summed E-state index contributed by atoms with van der Waals surface area (Å²) in [5.74, 6) is 0.470.